The molecule has 0 saturated heterocycles. The maximum atomic E-state index is 6.03. The van der Waals surface area contributed by atoms with Gasteiger partial charge < -0.3 is 4.74 Å². The lowest BCUT2D eigenvalue weighted by atomic mass is 10.3. The molecule has 0 fully saturated rings. The van der Waals surface area contributed by atoms with Crippen LogP contribution in [0.2, 0.25) is 10.0 Å². The molecule has 0 saturated carbocycles. The number of aromatic nitrogens is 3. The van der Waals surface area contributed by atoms with Crippen molar-refractivity contribution in [1.82, 2.24) is 14.8 Å². The molecule has 1 aromatic heterocycles. The highest BCUT2D eigenvalue weighted by atomic mass is 35.5. The van der Waals surface area contributed by atoms with Gasteiger partial charge in [-0.1, -0.05) is 47.1 Å². The first-order valence-electron chi connectivity index (χ1n) is 6.89. The van der Waals surface area contributed by atoms with Gasteiger partial charge in [0, 0.05) is 15.8 Å². The zero-order chi connectivity index (χ0) is 16.1. The number of benzene rings is 2. The molecule has 23 heavy (non-hydrogen) atoms. The normalized spacial score (nSPS) is 10.7. The third kappa shape index (κ3) is 4.41. The molecule has 0 unspecified atom stereocenters. The van der Waals surface area contributed by atoms with Crippen molar-refractivity contribution in [1.29, 1.82) is 0 Å². The van der Waals surface area contributed by atoms with Crippen LogP contribution in [0.1, 0.15) is 0 Å². The van der Waals surface area contributed by atoms with Crippen LogP contribution >= 0.6 is 35.0 Å². The molecule has 0 aliphatic rings. The molecule has 2 aromatic carbocycles. The summed E-state index contributed by atoms with van der Waals surface area (Å²) in [5, 5.41) is 10.2. The van der Waals surface area contributed by atoms with Crippen LogP contribution in [0.5, 0.6) is 5.75 Å². The van der Waals surface area contributed by atoms with E-state index in [1.54, 1.807) is 24.2 Å². The minimum absolute atomic E-state index is 0.549. The predicted molar refractivity (Wildman–Crippen MR) is 94.0 cm³/mol. The Morgan fingerprint density at radius 3 is 2.61 bits per heavy atom. The smallest absolute Gasteiger partial charge is 0.195 e. The van der Waals surface area contributed by atoms with Gasteiger partial charge in [-0.05, 0) is 36.4 Å². The van der Waals surface area contributed by atoms with Crippen LogP contribution in [-0.4, -0.2) is 27.1 Å². The quantitative estimate of drug-likeness (QED) is 0.466. The lowest BCUT2D eigenvalue weighted by molar-refractivity contribution is 0.344. The Balaban J connectivity index is 1.58. The van der Waals surface area contributed by atoms with E-state index in [1.165, 1.54) is 0 Å². The summed E-state index contributed by atoms with van der Waals surface area (Å²) in [6.07, 6.45) is 1.67. The third-order valence-electron chi connectivity index (χ3n) is 2.98. The molecule has 3 rings (SSSR count). The van der Waals surface area contributed by atoms with Gasteiger partial charge in [0.05, 0.1) is 12.3 Å². The van der Waals surface area contributed by atoms with Crippen LogP contribution < -0.4 is 4.74 Å². The van der Waals surface area contributed by atoms with Crippen molar-refractivity contribution in [3.8, 4) is 11.4 Å². The molecule has 3 aromatic rings. The summed E-state index contributed by atoms with van der Waals surface area (Å²) < 4.78 is 7.56. The number of ether oxygens (including phenoxy) is 1. The number of nitrogens with zero attached hydrogens (tertiary/aromatic N) is 3. The van der Waals surface area contributed by atoms with Crippen LogP contribution in [-0.2, 0) is 0 Å². The summed E-state index contributed by atoms with van der Waals surface area (Å²) in [5.74, 6) is 1.50. The van der Waals surface area contributed by atoms with Gasteiger partial charge >= 0.3 is 0 Å². The summed E-state index contributed by atoms with van der Waals surface area (Å²) in [6, 6.07) is 14.9. The molecule has 0 radical (unpaired) electrons. The van der Waals surface area contributed by atoms with Crippen molar-refractivity contribution < 1.29 is 4.74 Å². The molecule has 118 valence electrons. The Morgan fingerprint density at radius 2 is 1.83 bits per heavy atom. The van der Waals surface area contributed by atoms with Crippen molar-refractivity contribution in [2.24, 2.45) is 0 Å². The molecule has 4 nitrogen and oxygen atoms in total. The number of hydrogen-bond donors (Lipinski definition) is 0. The topological polar surface area (TPSA) is 39.9 Å². The molecule has 7 heteroatoms. The second kappa shape index (κ2) is 7.73. The van der Waals surface area contributed by atoms with Crippen molar-refractivity contribution in [2.75, 3.05) is 12.4 Å². The average molecular weight is 366 g/mol. The number of halogens is 2. The number of rotatable bonds is 6. The monoisotopic (exact) mass is 365 g/mol. The Morgan fingerprint density at radius 1 is 1.04 bits per heavy atom. The number of thioether (sulfide) groups is 1. The largest absolute Gasteiger partial charge is 0.493 e. The molecule has 0 N–H and O–H groups in total. The van der Waals surface area contributed by atoms with E-state index in [1.807, 2.05) is 47.0 Å². The number of hydrogen-bond acceptors (Lipinski definition) is 4. The van der Waals surface area contributed by atoms with E-state index in [4.69, 9.17) is 27.9 Å². The highest BCUT2D eigenvalue weighted by Gasteiger charge is 2.07. The van der Waals surface area contributed by atoms with E-state index >= 15 is 0 Å². The summed E-state index contributed by atoms with van der Waals surface area (Å²) in [7, 11) is 0. The molecule has 0 aliphatic carbocycles. The van der Waals surface area contributed by atoms with Gasteiger partial charge in [-0.2, -0.15) is 0 Å². The van der Waals surface area contributed by atoms with Gasteiger partial charge in [-0.15, -0.1) is 10.2 Å². The van der Waals surface area contributed by atoms with E-state index in [2.05, 4.69) is 10.2 Å². The van der Waals surface area contributed by atoms with E-state index in [0.717, 1.165) is 22.3 Å². The van der Waals surface area contributed by atoms with Crippen molar-refractivity contribution in [2.45, 2.75) is 5.16 Å². The summed E-state index contributed by atoms with van der Waals surface area (Å²) in [4.78, 5) is 0. The van der Waals surface area contributed by atoms with Crippen LogP contribution in [0.15, 0.2) is 60.0 Å². The summed E-state index contributed by atoms with van der Waals surface area (Å²) in [5.41, 5.74) is 0.931. The van der Waals surface area contributed by atoms with Gasteiger partial charge in [-0.3, -0.25) is 4.57 Å². The third-order valence-corrected chi connectivity index (χ3v) is 4.36. The summed E-state index contributed by atoms with van der Waals surface area (Å²) >= 11 is 13.5. The zero-order valence-electron chi connectivity index (χ0n) is 12.0. The highest BCUT2D eigenvalue weighted by Crippen LogP contribution is 2.22. The van der Waals surface area contributed by atoms with E-state index < -0.39 is 0 Å². The van der Waals surface area contributed by atoms with Crippen molar-refractivity contribution in [3.63, 3.8) is 0 Å². The molecule has 0 aliphatic heterocycles. The van der Waals surface area contributed by atoms with E-state index in [9.17, 15) is 0 Å². The Kier molecular flexibility index (Phi) is 5.43. The standard InChI is InChI=1S/C16H13Cl2N3OS/c17-12-3-1-5-14(9-12)21-11-19-20-16(21)23-8-7-22-15-6-2-4-13(18)10-15/h1-6,9-11H,7-8H2. The molecular formula is C16H13Cl2N3OS. The lowest BCUT2D eigenvalue weighted by Gasteiger charge is -2.08. The molecule has 1 heterocycles. The Bertz CT molecular complexity index is 794. The van der Waals surface area contributed by atoms with Crippen molar-refractivity contribution in [3.05, 3.63) is 64.9 Å². The fourth-order valence-corrected chi connectivity index (χ4v) is 3.09. The molecular weight excluding hydrogens is 353 g/mol. The molecule has 0 amide bonds. The minimum atomic E-state index is 0.549. The molecule has 0 spiro atoms. The molecule has 0 atom stereocenters. The van der Waals surface area contributed by atoms with Gasteiger partial charge in [0.2, 0.25) is 0 Å². The summed E-state index contributed by atoms with van der Waals surface area (Å²) in [6.45, 7) is 0.549. The fourth-order valence-electron chi connectivity index (χ4n) is 1.98. The fraction of sp³-hybridized carbons (Fsp3) is 0.125. The average Bonchev–Trinajstić information content (AvgIpc) is 3.00. The van der Waals surface area contributed by atoms with E-state index in [-0.39, 0.29) is 0 Å². The van der Waals surface area contributed by atoms with Crippen LogP contribution in [0.4, 0.5) is 0 Å². The maximum Gasteiger partial charge on any atom is 0.195 e. The van der Waals surface area contributed by atoms with Crippen LogP contribution in [0.25, 0.3) is 5.69 Å². The van der Waals surface area contributed by atoms with Gasteiger partial charge in [0.1, 0.15) is 12.1 Å². The SMILES string of the molecule is Clc1cccc(OCCSc2nncn2-c2cccc(Cl)c2)c1. The maximum absolute atomic E-state index is 6.03. The van der Waals surface area contributed by atoms with Gasteiger partial charge in [0.15, 0.2) is 5.16 Å². The van der Waals surface area contributed by atoms with E-state index in [0.29, 0.717) is 16.7 Å². The Hall–Kier alpha value is -1.69. The van der Waals surface area contributed by atoms with Crippen LogP contribution in [0.3, 0.4) is 0 Å². The molecule has 0 bridgehead atoms. The van der Waals surface area contributed by atoms with Crippen molar-refractivity contribution >= 4 is 35.0 Å². The second-order valence-corrected chi connectivity index (χ2v) is 6.55. The van der Waals surface area contributed by atoms with Crippen LogP contribution in [0, 0.1) is 0 Å². The first-order chi connectivity index (χ1) is 11.2. The predicted octanol–water partition coefficient (Wildman–Crippen LogP) is 4.75. The lowest BCUT2D eigenvalue weighted by Crippen LogP contribution is -2.02. The Labute approximate surface area is 148 Å². The van der Waals surface area contributed by atoms with Gasteiger partial charge in [-0.25, -0.2) is 0 Å². The first kappa shape index (κ1) is 16.2. The first-order valence-corrected chi connectivity index (χ1v) is 8.64. The second-order valence-electron chi connectivity index (χ2n) is 4.62. The highest BCUT2D eigenvalue weighted by molar-refractivity contribution is 7.99. The van der Waals surface area contributed by atoms with Gasteiger partial charge in [0.25, 0.3) is 0 Å². The zero-order valence-corrected chi connectivity index (χ0v) is 14.4. The minimum Gasteiger partial charge on any atom is -0.493 e.